The minimum atomic E-state index is -0.631. The number of rotatable bonds is 5. The summed E-state index contributed by atoms with van der Waals surface area (Å²) in [5.74, 6) is -1.18. The Labute approximate surface area is 147 Å². The van der Waals surface area contributed by atoms with Crippen molar-refractivity contribution in [3.05, 3.63) is 47.6 Å². The third kappa shape index (κ3) is 4.90. The van der Waals surface area contributed by atoms with Crippen molar-refractivity contribution in [1.82, 2.24) is 0 Å². The van der Waals surface area contributed by atoms with Crippen molar-refractivity contribution in [1.29, 1.82) is 0 Å². The van der Waals surface area contributed by atoms with Crippen LogP contribution < -0.4 is 0 Å². The van der Waals surface area contributed by atoms with E-state index in [1.807, 2.05) is 12.2 Å². The lowest BCUT2D eigenvalue weighted by atomic mass is 9.87. The molecule has 2 rings (SSSR count). The molecule has 6 nitrogen and oxygen atoms in total. The molecule has 0 aromatic heterocycles. The van der Waals surface area contributed by atoms with Gasteiger partial charge in [-0.3, -0.25) is 0 Å². The van der Waals surface area contributed by atoms with Gasteiger partial charge in [0.25, 0.3) is 0 Å². The molecule has 0 saturated carbocycles. The summed E-state index contributed by atoms with van der Waals surface area (Å²) in [6, 6.07) is 0. The Morgan fingerprint density at radius 3 is 2.76 bits per heavy atom. The number of esters is 2. The van der Waals surface area contributed by atoms with Gasteiger partial charge >= 0.3 is 11.9 Å². The number of aliphatic hydroxyl groups is 2. The highest BCUT2D eigenvalue weighted by Gasteiger charge is 2.38. The van der Waals surface area contributed by atoms with Crippen molar-refractivity contribution < 1.29 is 29.3 Å². The summed E-state index contributed by atoms with van der Waals surface area (Å²) in [4.78, 5) is 23.4. The fraction of sp³-hybridized carbons (Fsp3) is 0.474. The van der Waals surface area contributed by atoms with Gasteiger partial charge in [-0.05, 0) is 30.4 Å². The van der Waals surface area contributed by atoms with E-state index in [9.17, 15) is 14.7 Å². The van der Waals surface area contributed by atoms with Gasteiger partial charge in [-0.2, -0.15) is 0 Å². The maximum absolute atomic E-state index is 11.8. The van der Waals surface area contributed by atoms with E-state index in [1.54, 1.807) is 0 Å². The molecule has 2 atom stereocenters. The number of aliphatic hydroxyl groups excluding tert-OH is 2. The van der Waals surface area contributed by atoms with Gasteiger partial charge in [0.15, 0.2) is 0 Å². The molecule has 1 fully saturated rings. The van der Waals surface area contributed by atoms with Crippen LogP contribution in [0.2, 0.25) is 0 Å². The van der Waals surface area contributed by atoms with Crippen LogP contribution in [-0.2, 0) is 19.1 Å². The molecule has 0 radical (unpaired) electrons. The molecule has 2 N–H and O–H groups in total. The van der Waals surface area contributed by atoms with Gasteiger partial charge in [-0.25, -0.2) is 9.59 Å². The van der Waals surface area contributed by atoms with Crippen LogP contribution in [-0.4, -0.2) is 48.1 Å². The topological polar surface area (TPSA) is 93.1 Å². The zero-order valence-electron chi connectivity index (χ0n) is 14.2. The van der Waals surface area contributed by atoms with Gasteiger partial charge in [-0.15, -0.1) is 0 Å². The largest absolute Gasteiger partial charge is 0.458 e. The Hall–Kier alpha value is -2.18. The first-order chi connectivity index (χ1) is 12.0. The van der Waals surface area contributed by atoms with Crippen molar-refractivity contribution >= 4 is 11.9 Å². The van der Waals surface area contributed by atoms with Gasteiger partial charge < -0.3 is 19.7 Å². The maximum atomic E-state index is 11.8. The normalized spacial score (nSPS) is 28.1. The maximum Gasteiger partial charge on any atom is 0.336 e. The second-order valence-electron chi connectivity index (χ2n) is 6.27. The summed E-state index contributed by atoms with van der Waals surface area (Å²) in [5.41, 5.74) is 2.17. The lowest BCUT2D eigenvalue weighted by Crippen LogP contribution is -2.19. The van der Waals surface area contributed by atoms with E-state index in [4.69, 9.17) is 14.6 Å². The quantitative estimate of drug-likeness (QED) is 0.445. The molecule has 136 valence electrons. The predicted molar refractivity (Wildman–Crippen MR) is 91.4 cm³/mol. The highest BCUT2D eigenvalue weighted by atomic mass is 16.6. The zero-order chi connectivity index (χ0) is 18.4. The Bertz CT molecular complexity index is 628. The molecule has 0 aromatic rings. The molecule has 0 unspecified atom stereocenters. The zero-order valence-corrected chi connectivity index (χ0v) is 14.2. The van der Waals surface area contributed by atoms with Crippen molar-refractivity contribution in [2.24, 2.45) is 5.92 Å². The Kier molecular flexibility index (Phi) is 6.73. The first kappa shape index (κ1) is 19.1. The van der Waals surface area contributed by atoms with Crippen molar-refractivity contribution in [2.75, 3.05) is 19.8 Å². The minimum Gasteiger partial charge on any atom is -0.458 e. The second-order valence-corrected chi connectivity index (χ2v) is 6.27. The number of ether oxygens (including phenoxy) is 2. The van der Waals surface area contributed by atoms with E-state index in [0.29, 0.717) is 31.3 Å². The van der Waals surface area contributed by atoms with Gasteiger partial charge in [0.1, 0.15) is 12.7 Å². The molecular formula is C19H24O6. The highest BCUT2D eigenvalue weighted by molar-refractivity contribution is 5.91. The summed E-state index contributed by atoms with van der Waals surface area (Å²) in [6.45, 7) is 6.82. The molecule has 1 saturated heterocycles. The van der Waals surface area contributed by atoms with Crippen LogP contribution in [0.15, 0.2) is 47.6 Å². The smallest absolute Gasteiger partial charge is 0.336 e. The number of hydrogen-bond donors (Lipinski definition) is 2. The fourth-order valence-electron chi connectivity index (χ4n) is 2.93. The average Bonchev–Trinajstić information content (AvgIpc) is 2.88. The highest BCUT2D eigenvalue weighted by Crippen LogP contribution is 2.34. The van der Waals surface area contributed by atoms with Crippen molar-refractivity contribution in [2.45, 2.75) is 31.8 Å². The van der Waals surface area contributed by atoms with Crippen LogP contribution in [0.3, 0.4) is 0 Å². The molecule has 1 heterocycles. The number of fused-ring (bicyclic) bond motifs is 1. The van der Waals surface area contributed by atoms with E-state index in [0.717, 1.165) is 11.1 Å². The van der Waals surface area contributed by atoms with Gasteiger partial charge in [-0.1, -0.05) is 25.3 Å². The Morgan fingerprint density at radius 2 is 2.08 bits per heavy atom. The standard InChI is InChI=1S/C19H24O6/c1-12(9-20)18(22)24-11-14-4-3-5-15(10-21)8-17-16(7-6-14)13(2)19(23)25-17/h5-6,16-17,20-21H,1-4,7-11H2/b14-6+,15-5+/t16-,17+/m1/s1. The van der Waals surface area contributed by atoms with Crippen LogP contribution in [0.4, 0.5) is 0 Å². The first-order valence-corrected chi connectivity index (χ1v) is 8.28. The van der Waals surface area contributed by atoms with E-state index in [2.05, 4.69) is 13.2 Å². The Morgan fingerprint density at radius 1 is 1.32 bits per heavy atom. The van der Waals surface area contributed by atoms with Gasteiger partial charge in [0, 0.05) is 17.9 Å². The third-order valence-corrected chi connectivity index (χ3v) is 4.51. The summed E-state index contributed by atoms with van der Waals surface area (Å²) >= 11 is 0. The second kappa shape index (κ2) is 8.78. The predicted octanol–water partition coefficient (Wildman–Crippen LogP) is 1.59. The van der Waals surface area contributed by atoms with Crippen LogP contribution in [0, 0.1) is 5.92 Å². The lowest BCUT2D eigenvalue weighted by molar-refractivity contribution is -0.139. The molecule has 0 aromatic carbocycles. The molecular weight excluding hydrogens is 324 g/mol. The SMILES string of the molecule is C=C(CO)C(=O)OC/C1=C/C[C@@H]2C(=C)C(=O)O[C@H]2C/C(CO)=C\CC1. The number of hydrogen-bond acceptors (Lipinski definition) is 6. The molecule has 1 aliphatic carbocycles. The van der Waals surface area contributed by atoms with E-state index in [-0.39, 0.29) is 30.8 Å². The van der Waals surface area contributed by atoms with Crippen molar-refractivity contribution in [3.8, 4) is 0 Å². The first-order valence-electron chi connectivity index (χ1n) is 8.28. The minimum absolute atomic E-state index is 0.00570. The lowest BCUT2D eigenvalue weighted by Gasteiger charge is -2.19. The molecule has 0 amide bonds. The molecule has 2 aliphatic rings. The van der Waals surface area contributed by atoms with E-state index >= 15 is 0 Å². The fourth-order valence-corrected chi connectivity index (χ4v) is 2.93. The summed E-state index contributed by atoms with van der Waals surface area (Å²) in [7, 11) is 0. The van der Waals surface area contributed by atoms with Crippen LogP contribution in [0.1, 0.15) is 25.7 Å². The monoisotopic (exact) mass is 348 g/mol. The van der Waals surface area contributed by atoms with E-state index in [1.165, 1.54) is 0 Å². The van der Waals surface area contributed by atoms with Gasteiger partial charge in [0.05, 0.1) is 18.8 Å². The Balaban J connectivity index is 2.12. The van der Waals surface area contributed by atoms with Crippen LogP contribution in [0.5, 0.6) is 0 Å². The summed E-state index contributed by atoms with van der Waals surface area (Å²) in [6.07, 6.45) is 5.97. The number of allylic oxidation sites excluding steroid dienone is 2. The van der Waals surface area contributed by atoms with E-state index < -0.39 is 18.5 Å². The van der Waals surface area contributed by atoms with Gasteiger partial charge in [0.2, 0.25) is 0 Å². The average molecular weight is 348 g/mol. The summed E-state index contributed by atoms with van der Waals surface area (Å²) < 4.78 is 10.5. The molecule has 25 heavy (non-hydrogen) atoms. The molecule has 6 heteroatoms. The number of carbonyl (C=O) groups excluding carboxylic acids is 2. The van der Waals surface area contributed by atoms with Crippen LogP contribution >= 0.6 is 0 Å². The summed E-state index contributed by atoms with van der Waals surface area (Å²) in [5, 5.41) is 18.4. The van der Waals surface area contributed by atoms with Crippen molar-refractivity contribution in [3.63, 3.8) is 0 Å². The molecule has 0 bridgehead atoms. The molecule has 0 spiro atoms. The number of carbonyl (C=O) groups is 2. The third-order valence-electron chi connectivity index (χ3n) is 4.51. The molecule has 1 aliphatic heterocycles. The van der Waals surface area contributed by atoms with Crippen LogP contribution in [0.25, 0.3) is 0 Å².